The van der Waals surface area contributed by atoms with E-state index in [1.54, 1.807) is 0 Å². The summed E-state index contributed by atoms with van der Waals surface area (Å²) in [5.41, 5.74) is 1.24. The zero-order chi connectivity index (χ0) is 21.2. The quantitative estimate of drug-likeness (QED) is 0.313. The van der Waals surface area contributed by atoms with Gasteiger partial charge < -0.3 is 20.3 Å². The number of rotatable bonds is 7. The first kappa shape index (κ1) is 26.1. The predicted octanol–water partition coefficient (Wildman–Crippen LogP) is 3.10. The van der Waals surface area contributed by atoms with Gasteiger partial charge in [0.15, 0.2) is 5.96 Å². The number of hydrogen-bond donors (Lipinski definition) is 2. The van der Waals surface area contributed by atoms with Crippen molar-refractivity contribution in [2.75, 3.05) is 57.9 Å². The first-order chi connectivity index (χ1) is 14.7. The monoisotopic (exact) mass is 544 g/mol. The van der Waals surface area contributed by atoms with Crippen molar-refractivity contribution in [2.24, 2.45) is 10.9 Å². The van der Waals surface area contributed by atoms with Crippen LogP contribution in [0.3, 0.4) is 0 Å². The van der Waals surface area contributed by atoms with Crippen LogP contribution < -0.4 is 15.5 Å². The van der Waals surface area contributed by atoms with Gasteiger partial charge in [0.1, 0.15) is 5.82 Å². The molecular formula is C23H41IN6O. The normalized spacial score (nSPS) is 19.5. The van der Waals surface area contributed by atoms with E-state index in [1.807, 2.05) is 13.2 Å². The van der Waals surface area contributed by atoms with Gasteiger partial charge in [-0.3, -0.25) is 9.89 Å². The fourth-order valence-electron chi connectivity index (χ4n) is 4.35. The van der Waals surface area contributed by atoms with Crippen LogP contribution in [0.2, 0.25) is 0 Å². The Morgan fingerprint density at radius 1 is 1.10 bits per heavy atom. The van der Waals surface area contributed by atoms with Crippen molar-refractivity contribution in [3.63, 3.8) is 0 Å². The van der Waals surface area contributed by atoms with Gasteiger partial charge in [-0.05, 0) is 36.5 Å². The highest BCUT2D eigenvalue weighted by molar-refractivity contribution is 14.0. The number of nitrogens with one attached hydrogen (secondary N) is 2. The van der Waals surface area contributed by atoms with Crippen LogP contribution in [-0.4, -0.2) is 74.9 Å². The minimum atomic E-state index is 0. The maximum atomic E-state index is 5.52. The molecule has 1 atom stereocenters. The molecule has 1 unspecified atom stereocenters. The fraction of sp³-hybridized carbons (Fsp3) is 0.739. The fourth-order valence-corrected chi connectivity index (χ4v) is 4.35. The van der Waals surface area contributed by atoms with Crippen LogP contribution >= 0.6 is 24.0 Å². The van der Waals surface area contributed by atoms with Gasteiger partial charge in [-0.25, -0.2) is 4.98 Å². The summed E-state index contributed by atoms with van der Waals surface area (Å²) in [7, 11) is 1.84. The number of ether oxygens (including phenoxy) is 1. The molecule has 0 aliphatic carbocycles. The SMILES string of the molecule is CN=C(NCc1ccnc(N2CCCCCC2)c1)NCC(C(C)C)N1CCOCC1.I. The lowest BCUT2D eigenvalue weighted by Gasteiger charge is -2.37. The molecular weight excluding hydrogens is 503 g/mol. The Bertz CT molecular complexity index is 657. The third-order valence-electron chi connectivity index (χ3n) is 6.19. The molecule has 2 saturated heterocycles. The standard InChI is InChI=1S/C23H40N6O.HI/c1-19(2)21(28-12-14-30-15-13-28)18-27-23(24-3)26-17-20-8-9-25-22(16-20)29-10-6-4-5-7-11-29;/h8-9,16,19,21H,4-7,10-15,17-18H2,1-3H3,(H2,24,26,27);1H. The Balaban J connectivity index is 0.00000341. The number of anilines is 1. The molecule has 0 amide bonds. The van der Waals surface area contributed by atoms with E-state index in [0.717, 1.165) is 64.3 Å². The van der Waals surface area contributed by atoms with E-state index in [1.165, 1.54) is 31.2 Å². The minimum absolute atomic E-state index is 0. The van der Waals surface area contributed by atoms with Crippen LogP contribution in [0.25, 0.3) is 0 Å². The first-order valence-corrected chi connectivity index (χ1v) is 11.6. The number of guanidine groups is 1. The number of nitrogens with zero attached hydrogens (tertiary/aromatic N) is 4. The number of pyridine rings is 1. The van der Waals surface area contributed by atoms with E-state index in [9.17, 15) is 0 Å². The van der Waals surface area contributed by atoms with Gasteiger partial charge in [0.2, 0.25) is 0 Å². The Kier molecular flexibility index (Phi) is 11.9. The third-order valence-corrected chi connectivity index (χ3v) is 6.19. The molecule has 2 aliphatic rings. The van der Waals surface area contributed by atoms with E-state index in [0.29, 0.717) is 12.0 Å². The van der Waals surface area contributed by atoms with Crippen LogP contribution in [0.15, 0.2) is 23.3 Å². The molecule has 8 heteroatoms. The van der Waals surface area contributed by atoms with Crippen LogP contribution in [-0.2, 0) is 11.3 Å². The highest BCUT2D eigenvalue weighted by Gasteiger charge is 2.23. The molecule has 0 radical (unpaired) electrons. The second-order valence-electron chi connectivity index (χ2n) is 8.69. The molecule has 176 valence electrons. The number of hydrogen-bond acceptors (Lipinski definition) is 5. The second-order valence-corrected chi connectivity index (χ2v) is 8.69. The van der Waals surface area contributed by atoms with Crippen molar-refractivity contribution in [1.29, 1.82) is 0 Å². The summed E-state index contributed by atoms with van der Waals surface area (Å²) >= 11 is 0. The highest BCUT2D eigenvalue weighted by Crippen LogP contribution is 2.18. The summed E-state index contributed by atoms with van der Waals surface area (Å²) < 4.78 is 5.52. The van der Waals surface area contributed by atoms with E-state index in [2.05, 4.69) is 56.4 Å². The Morgan fingerprint density at radius 2 is 1.81 bits per heavy atom. The Morgan fingerprint density at radius 3 is 2.45 bits per heavy atom. The molecule has 1 aromatic heterocycles. The summed E-state index contributed by atoms with van der Waals surface area (Å²) in [6.07, 6.45) is 7.13. The maximum Gasteiger partial charge on any atom is 0.191 e. The van der Waals surface area contributed by atoms with Crippen molar-refractivity contribution in [3.8, 4) is 0 Å². The summed E-state index contributed by atoms with van der Waals surface area (Å²) in [6, 6.07) is 4.78. The van der Waals surface area contributed by atoms with E-state index in [4.69, 9.17) is 4.74 Å². The van der Waals surface area contributed by atoms with Crippen molar-refractivity contribution in [2.45, 2.75) is 52.1 Å². The van der Waals surface area contributed by atoms with Gasteiger partial charge in [-0.15, -0.1) is 24.0 Å². The van der Waals surface area contributed by atoms with Gasteiger partial charge in [-0.1, -0.05) is 26.7 Å². The molecule has 0 bridgehead atoms. The summed E-state index contributed by atoms with van der Waals surface area (Å²) in [6.45, 7) is 12.1. The lowest BCUT2D eigenvalue weighted by Crippen LogP contribution is -2.52. The first-order valence-electron chi connectivity index (χ1n) is 11.6. The largest absolute Gasteiger partial charge is 0.379 e. The average molecular weight is 545 g/mol. The van der Waals surface area contributed by atoms with E-state index in [-0.39, 0.29) is 24.0 Å². The molecule has 2 fully saturated rings. The van der Waals surface area contributed by atoms with Gasteiger partial charge in [0, 0.05) is 58.6 Å². The smallest absolute Gasteiger partial charge is 0.191 e. The van der Waals surface area contributed by atoms with Crippen molar-refractivity contribution < 1.29 is 4.74 Å². The van der Waals surface area contributed by atoms with Gasteiger partial charge in [0.25, 0.3) is 0 Å². The van der Waals surface area contributed by atoms with Crippen LogP contribution in [0, 0.1) is 5.92 Å². The van der Waals surface area contributed by atoms with Crippen molar-refractivity contribution in [1.82, 2.24) is 20.5 Å². The summed E-state index contributed by atoms with van der Waals surface area (Å²) in [5.74, 6) is 2.53. The molecule has 0 aromatic carbocycles. The molecule has 3 heterocycles. The number of halogens is 1. The molecule has 2 aliphatic heterocycles. The van der Waals surface area contributed by atoms with Crippen molar-refractivity contribution in [3.05, 3.63) is 23.9 Å². The van der Waals surface area contributed by atoms with Crippen LogP contribution in [0.5, 0.6) is 0 Å². The van der Waals surface area contributed by atoms with E-state index >= 15 is 0 Å². The van der Waals surface area contributed by atoms with Gasteiger partial charge in [-0.2, -0.15) is 0 Å². The maximum absolute atomic E-state index is 5.52. The number of morpholine rings is 1. The molecule has 7 nitrogen and oxygen atoms in total. The molecule has 0 saturated carbocycles. The molecule has 0 spiro atoms. The molecule has 1 aromatic rings. The summed E-state index contributed by atoms with van der Waals surface area (Å²) in [5, 5.41) is 7.01. The number of aliphatic imine (C=N–C) groups is 1. The topological polar surface area (TPSA) is 65.0 Å². The lowest BCUT2D eigenvalue weighted by molar-refractivity contribution is 0.00752. The minimum Gasteiger partial charge on any atom is -0.379 e. The molecule has 3 rings (SSSR count). The third kappa shape index (κ3) is 8.38. The van der Waals surface area contributed by atoms with Crippen molar-refractivity contribution >= 4 is 35.8 Å². The molecule has 2 N–H and O–H groups in total. The predicted molar refractivity (Wildman–Crippen MR) is 140 cm³/mol. The molecule has 31 heavy (non-hydrogen) atoms. The number of aromatic nitrogens is 1. The summed E-state index contributed by atoms with van der Waals surface area (Å²) in [4.78, 5) is 14.0. The van der Waals surface area contributed by atoms with E-state index < -0.39 is 0 Å². The van der Waals surface area contributed by atoms with Gasteiger partial charge >= 0.3 is 0 Å². The van der Waals surface area contributed by atoms with Crippen LogP contribution in [0.1, 0.15) is 45.1 Å². The van der Waals surface area contributed by atoms with Gasteiger partial charge in [0.05, 0.1) is 13.2 Å². The average Bonchev–Trinajstić information content (AvgIpc) is 3.06. The second kappa shape index (κ2) is 14.1. The highest BCUT2D eigenvalue weighted by atomic mass is 127. The zero-order valence-corrected chi connectivity index (χ0v) is 21.8. The lowest BCUT2D eigenvalue weighted by atomic mass is 10.0. The Labute approximate surface area is 205 Å². The van der Waals surface area contributed by atoms with Crippen LogP contribution in [0.4, 0.5) is 5.82 Å². The zero-order valence-electron chi connectivity index (χ0n) is 19.5. The Hall–Kier alpha value is -1.13.